The van der Waals surface area contributed by atoms with E-state index in [1.807, 2.05) is 0 Å². The Morgan fingerprint density at radius 1 is 1.23 bits per heavy atom. The van der Waals surface area contributed by atoms with Crippen LogP contribution in [-0.2, 0) is 0 Å². The molecule has 1 atom stereocenters. The Labute approximate surface area is 81.0 Å². The molecule has 1 radical (unpaired) electrons. The Kier molecular flexibility index (Phi) is 2.68. The fraction of sp³-hybridized carbons (Fsp3) is 0.462. The Balaban J connectivity index is 2.16. The highest BCUT2D eigenvalue weighted by atomic mass is 14.3. The van der Waals surface area contributed by atoms with Crippen LogP contribution in [0.3, 0.4) is 0 Å². The largest absolute Gasteiger partial charge is 0.0651 e. The third-order valence-corrected chi connectivity index (χ3v) is 3.13. The van der Waals surface area contributed by atoms with Crippen LogP contribution in [0.1, 0.15) is 38.2 Å². The van der Waals surface area contributed by atoms with Gasteiger partial charge in [-0.2, -0.15) is 0 Å². The summed E-state index contributed by atoms with van der Waals surface area (Å²) in [6, 6.07) is 10.9. The van der Waals surface area contributed by atoms with E-state index < -0.39 is 0 Å². The van der Waals surface area contributed by atoms with Gasteiger partial charge < -0.3 is 0 Å². The normalized spacial score (nSPS) is 23.6. The van der Waals surface area contributed by atoms with Gasteiger partial charge in [-0.1, -0.05) is 50.1 Å². The molecule has 0 bridgehead atoms. The molecule has 13 heavy (non-hydrogen) atoms. The average molecular weight is 173 g/mol. The van der Waals surface area contributed by atoms with Gasteiger partial charge >= 0.3 is 0 Å². The van der Waals surface area contributed by atoms with Gasteiger partial charge in [-0.05, 0) is 24.3 Å². The molecule has 1 aromatic rings. The van der Waals surface area contributed by atoms with Gasteiger partial charge in [0.25, 0.3) is 0 Å². The van der Waals surface area contributed by atoms with Crippen LogP contribution in [0.4, 0.5) is 0 Å². The first kappa shape index (κ1) is 8.80. The Morgan fingerprint density at radius 3 is 2.69 bits per heavy atom. The molecule has 1 aromatic carbocycles. The molecule has 0 N–H and O–H groups in total. The molecular weight excluding hydrogens is 156 g/mol. The summed E-state index contributed by atoms with van der Waals surface area (Å²) in [7, 11) is 0. The molecule has 0 heteroatoms. The van der Waals surface area contributed by atoms with Crippen molar-refractivity contribution in [2.24, 2.45) is 5.92 Å². The average Bonchev–Trinajstić information content (AvgIpc) is 2.67. The van der Waals surface area contributed by atoms with Crippen molar-refractivity contribution in [2.75, 3.05) is 0 Å². The van der Waals surface area contributed by atoms with Crippen LogP contribution in [0, 0.1) is 11.8 Å². The Hall–Kier alpha value is -0.780. The highest BCUT2D eigenvalue weighted by Gasteiger charge is 2.27. The van der Waals surface area contributed by atoms with Crippen molar-refractivity contribution >= 4 is 0 Å². The predicted molar refractivity (Wildman–Crippen MR) is 56.4 cm³/mol. The van der Waals surface area contributed by atoms with Crippen LogP contribution in [0.2, 0.25) is 0 Å². The molecule has 1 saturated carbocycles. The van der Waals surface area contributed by atoms with Gasteiger partial charge in [0, 0.05) is 5.92 Å². The topological polar surface area (TPSA) is 0 Å². The summed E-state index contributed by atoms with van der Waals surface area (Å²) in [5.41, 5.74) is 1.48. The standard InChI is InChI=1S/C13H17/c1-2-11-9-6-10-13(11)12-7-4-3-5-8-12/h3-5,7-8,11H,2,6,9-10H2,1H3. The van der Waals surface area contributed by atoms with Crippen molar-refractivity contribution in [3.8, 4) is 0 Å². The predicted octanol–water partition coefficient (Wildman–Crippen LogP) is 3.82. The summed E-state index contributed by atoms with van der Waals surface area (Å²) in [6.07, 6.45) is 5.43. The van der Waals surface area contributed by atoms with Gasteiger partial charge in [0.1, 0.15) is 0 Å². The second-order valence-electron chi connectivity index (χ2n) is 3.89. The molecule has 0 nitrogen and oxygen atoms in total. The maximum Gasteiger partial charge on any atom is 0.00805 e. The van der Waals surface area contributed by atoms with E-state index >= 15 is 0 Å². The molecule has 0 heterocycles. The number of rotatable bonds is 2. The van der Waals surface area contributed by atoms with E-state index in [4.69, 9.17) is 0 Å². The Morgan fingerprint density at radius 2 is 2.00 bits per heavy atom. The van der Waals surface area contributed by atoms with E-state index in [0.29, 0.717) is 0 Å². The monoisotopic (exact) mass is 173 g/mol. The first-order valence-corrected chi connectivity index (χ1v) is 5.33. The molecule has 0 aromatic heterocycles. The zero-order chi connectivity index (χ0) is 9.10. The Bertz CT molecular complexity index is 250. The zero-order valence-electron chi connectivity index (χ0n) is 8.29. The smallest absolute Gasteiger partial charge is 0.00805 e. The minimum absolute atomic E-state index is 0.863. The van der Waals surface area contributed by atoms with Gasteiger partial charge in [-0.3, -0.25) is 0 Å². The lowest BCUT2D eigenvalue weighted by atomic mass is 9.87. The van der Waals surface area contributed by atoms with Crippen LogP contribution in [0.15, 0.2) is 30.3 Å². The molecule has 0 amide bonds. The van der Waals surface area contributed by atoms with E-state index in [9.17, 15) is 0 Å². The molecule has 1 fully saturated rings. The van der Waals surface area contributed by atoms with Crippen LogP contribution >= 0.6 is 0 Å². The molecule has 1 unspecified atom stereocenters. The van der Waals surface area contributed by atoms with Crippen LogP contribution < -0.4 is 0 Å². The highest BCUT2D eigenvalue weighted by molar-refractivity contribution is 5.33. The SMILES string of the molecule is CCC1CCC[C]1c1ccccc1. The first-order chi connectivity index (χ1) is 6.42. The molecule has 2 rings (SSSR count). The van der Waals surface area contributed by atoms with Gasteiger partial charge in [-0.15, -0.1) is 0 Å². The molecule has 0 spiro atoms. The van der Waals surface area contributed by atoms with Gasteiger partial charge in [0.15, 0.2) is 0 Å². The van der Waals surface area contributed by atoms with E-state index in [1.165, 1.54) is 31.2 Å². The lowest BCUT2D eigenvalue weighted by Crippen LogP contribution is -2.05. The summed E-state index contributed by atoms with van der Waals surface area (Å²) < 4.78 is 0. The van der Waals surface area contributed by atoms with Crippen molar-refractivity contribution in [1.82, 2.24) is 0 Å². The van der Waals surface area contributed by atoms with E-state index in [-0.39, 0.29) is 0 Å². The molecule has 1 aliphatic rings. The van der Waals surface area contributed by atoms with E-state index in [2.05, 4.69) is 37.3 Å². The fourth-order valence-corrected chi connectivity index (χ4v) is 2.40. The van der Waals surface area contributed by atoms with E-state index in [0.717, 1.165) is 5.92 Å². The lowest BCUT2D eigenvalue weighted by Gasteiger charge is -2.17. The molecule has 0 saturated heterocycles. The fourth-order valence-electron chi connectivity index (χ4n) is 2.40. The van der Waals surface area contributed by atoms with Crippen molar-refractivity contribution < 1.29 is 0 Å². The highest BCUT2D eigenvalue weighted by Crippen LogP contribution is 2.40. The van der Waals surface area contributed by atoms with E-state index in [1.54, 1.807) is 5.92 Å². The number of benzene rings is 1. The van der Waals surface area contributed by atoms with Gasteiger partial charge in [0.05, 0.1) is 0 Å². The maximum atomic E-state index is 2.30. The maximum absolute atomic E-state index is 2.30. The third-order valence-electron chi connectivity index (χ3n) is 3.13. The van der Waals surface area contributed by atoms with Crippen molar-refractivity contribution in [2.45, 2.75) is 32.6 Å². The third kappa shape index (κ3) is 1.77. The number of hydrogen-bond acceptors (Lipinski definition) is 0. The number of hydrogen-bond donors (Lipinski definition) is 0. The molecule has 69 valence electrons. The second-order valence-corrected chi connectivity index (χ2v) is 3.89. The van der Waals surface area contributed by atoms with Crippen molar-refractivity contribution in [3.63, 3.8) is 0 Å². The van der Waals surface area contributed by atoms with Crippen LogP contribution in [0.5, 0.6) is 0 Å². The minimum atomic E-state index is 0.863. The molecule has 0 aliphatic heterocycles. The zero-order valence-corrected chi connectivity index (χ0v) is 8.29. The van der Waals surface area contributed by atoms with Crippen LogP contribution in [-0.4, -0.2) is 0 Å². The molecular formula is C13H17. The molecule has 1 aliphatic carbocycles. The van der Waals surface area contributed by atoms with Gasteiger partial charge in [-0.25, -0.2) is 0 Å². The minimum Gasteiger partial charge on any atom is -0.0651 e. The first-order valence-electron chi connectivity index (χ1n) is 5.33. The summed E-state index contributed by atoms with van der Waals surface area (Å²) in [6.45, 7) is 2.30. The van der Waals surface area contributed by atoms with Gasteiger partial charge in [0.2, 0.25) is 0 Å². The summed E-state index contributed by atoms with van der Waals surface area (Å²) in [5.74, 6) is 2.56. The summed E-state index contributed by atoms with van der Waals surface area (Å²) >= 11 is 0. The second kappa shape index (κ2) is 3.95. The quantitative estimate of drug-likeness (QED) is 0.637. The van der Waals surface area contributed by atoms with Crippen molar-refractivity contribution in [1.29, 1.82) is 0 Å². The summed E-state index contributed by atoms with van der Waals surface area (Å²) in [4.78, 5) is 0. The summed E-state index contributed by atoms with van der Waals surface area (Å²) in [5, 5.41) is 0. The lowest BCUT2D eigenvalue weighted by molar-refractivity contribution is 0.571. The van der Waals surface area contributed by atoms with Crippen molar-refractivity contribution in [3.05, 3.63) is 41.8 Å². The van der Waals surface area contributed by atoms with Crippen LogP contribution in [0.25, 0.3) is 0 Å².